The quantitative estimate of drug-likeness (QED) is 0.666. The van der Waals surface area contributed by atoms with Gasteiger partial charge in [0.05, 0.1) is 0 Å². The Morgan fingerprint density at radius 1 is 1.00 bits per heavy atom. The summed E-state index contributed by atoms with van der Waals surface area (Å²) < 4.78 is 1.41. The van der Waals surface area contributed by atoms with Crippen LogP contribution in [0.3, 0.4) is 0 Å². The topological polar surface area (TPSA) is 46.1 Å². The number of rotatable bonds is 0. The number of hydrogen-bond acceptors (Lipinski definition) is 2. The second-order valence-corrected chi connectivity index (χ2v) is 6.41. The molecule has 16 heavy (non-hydrogen) atoms. The van der Waals surface area contributed by atoms with Gasteiger partial charge in [0.25, 0.3) is 0 Å². The molecule has 0 fully saturated rings. The minimum absolute atomic E-state index is 0.750. The molecule has 1 aliphatic carbocycles. The molecule has 3 heteroatoms. The molecular formula is C13H23O2V. The van der Waals surface area contributed by atoms with Crippen molar-refractivity contribution < 1.29 is 27.6 Å². The third kappa shape index (κ3) is 48.3. The van der Waals surface area contributed by atoms with E-state index in [9.17, 15) is 10.2 Å². The van der Waals surface area contributed by atoms with Crippen molar-refractivity contribution in [3.05, 3.63) is 22.5 Å². The molecule has 0 aromatic carbocycles. The summed E-state index contributed by atoms with van der Waals surface area (Å²) in [4.78, 5) is 0. The van der Waals surface area contributed by atoms with E-state index in [-0.39, 0.29) is 0 Å². The van der Waals surface area contributed by atoms with E-state index >= 15 is 0 Å². The maximum absolute atomic E-state index is 10.1. The van der Waals surface area contributed by atoms with Crippen LogP contribution in [0.2, 0.25) is 0 Å². The molecule has 0 bridgehead atoms. The van der Waals surface area contributed by atoms with Gasteiger partial charge in [0.2, 0.25) is 0 Å². The van der Waals surface area contributed by atoms with Crippen LogP contribution in [0.4, 0.5) is 0 Å². The van der Waals surface area contributed by atoms with Crippen molar-refractivity contribution in [3.63, 3.8) is 0 Å². The third-order valence-corrected chi connectivity index (χ3v) is 1.27. The molecule has 0 spiro atoms. The fraction of sp³-hybridized carbons (Fsp3) is 0.692. The summed E-state index contributed by atoms with van der Waals surface area (Å²) in [5.74, 6) is 0. The van der Waals surface area contributed by atoms with Crippen molar-refractivity contribution in [2.75, 3.05) is 0 Å². The fourth-order valence-electron chi connectivity index (χ4n) is 0.436. The molecule has 92 valence electrons. The molecular weight excluding hydrogens is 239 g/mol. The van der Waals surface area contributed by atoms with Crippen LogP contribution in [0, 0.1) is 0 Å². The van der Waals surface area contributed by atoms with Crippen molar-refractivity contribution in [1.29, 1.82) is 0 Å². The van der Waals surface area contributed by atoms with Crippen LogP contribution in [-0.4, -0.2) is 11.2 Å². The fourth-order valence-corrected chi connectivity index (χ4v) is 0.735. The first-order chi connectivity index (χ1) is 6.89. The molecule has 1 rings (SSSR count). The predicted octanol–water partition coefficient (Wildman–Crippen LogP) is 1.67. The summed E-state index contributed by atoms with van der Waals surface area (Å²) in [5.41, 5.74) is -1.50. The zero-order valence-corrected chi connectivity index (χ0v) is 12.6. The Kier molecular flexibility index (Phi) is 9.33. The van der Waals surface area contributed by atoms with Crippen molar-refractivity contribution in [2.45, 2.75) is 59.2 Å². The van der Waals surface area contributed by atoms with Crippen LogP contribution in [-0.2, 0) is 17.4 Å². The first-order valence-corrected chi connectivity index (χ1v) is 6.05. The van der Waals surface area contributed by atoms with E-state index in [2.05, 4.69) is 35.7 Å². The molecule has 0 unspecified atom stereocenters. The van der Waals surface area contributed by atoms with Gasteiger partial charge in [0.1, 0.15) is 0 Å². The zero-order valence-electron chi connectivity index (χ0n) is 11.2. The summed E-state index contributed by atoms with van der Waals surface area (Å²) >= 11 is 2.54. The molecule has 0 aliphatic heterocycles. The van der Waals surface area contributed by atoms with Gasteiger partial charge >= 0.3 is 46.4 Å². The van der Waals surface area contributed by atoms with Gasteiger partial charge in [0, 0.05) is 0 Å². The van der Waals surface area contributed by atoms with Gasteiger partial charge in [-0.2, -0.15) is 0 Å². The van der Waals surface area contributed by atoms with Gasteiger partial charge in [-0.15, -0.1) is 11.2 Å². The SMILES string of the molecule is CC(C)(C)[O-].CC(C)(C)[O-].[V+2][C]1=CC=CC1. The monoisotopic (exact) mass is 262 g/mol. The summed E-state index contributed by atoms with van der Waals surface area (Å²) in [7, 11) is 0. The molecule has 0 N–H and O–H groups in total. The van der Waals surface area contributed by atoms with E-state index in [1.807, 2.05) is 0 Å². The number of allylic oxidation sites excluding steroid dienone is 4. The van der Waals surface area contributed by atoms with Crippen LogP contribution in [0.25, 0.3) is 0 Å². The standard InChI is InChI=1S/C5H5.2C4H9O.V/c1-2-4-5-3-1;2*1-4(2,3)5;/h1-3H,4H2;2*1-3H3;/q;2*-1;+2. The van der Waals surface area contributed by atoms with Crippen LogP contribution in [0.15, 0.2) is 22.5 Å². The van der Waals surface area contributed by atoms with E-state index in [1.54, 1.807) is 41.5 Å². The van der Waals surface area contributed by atoms with Crippen molar-refractivity contribution in [2.24, 2.45) is 0 Å². The second kappa shape index (κ2) is 8.13. The third-order valence-electron chi connectivity index (χ3n) is 0.752. The van der Waals surface area contributed by atoms with Crippen molar-refractivity contribution >= 4 is 0 Å². The number of hydrogen-bond donors (Lipinski definition) is 0. The predicted molar refractivity (Wildman–Crippen MR) is 61.3 cm³/mol. The molecule has 0 saturated carbocycles. The average molecular weight is 262 g/mol. The van der Waals surface area contributed by atoms with Crippen molar-refractivity contribution in [1.82, 2.24) is 0 Å². The molecule has 2 nitrogen and oxygen atoms in total. The molecule has 0 heterocycles. The van der Waals surface area contributed by atoms with Gasteiger partial charge < -0.3 is 10.2 Å². The van der Waals surface area contributed by atoms with E-state index in [0.29, 0.717) is 0 Å². The minimum atomic E-state index is -0.750. The van der Waals surface area contributed by atoms with Gasteiger partial charge in [-0.3, -0.25) is 0 Å². The van der Waals surface area contributed by atoms with Crippen LogP contribution in [0.5, 0.6) is 0 Å². The molecule has 0 radical (unpaired) electrons. The Hall–Kier alpha value is -0.0156. The Morgan fingerprint density at radius 2 is 1.31 bits per heavy atom. The second-order valence-electron chi connectivity index (χ2n) is 5.52. The molecule has 0 atom stereocenters. The first-order valence-electron chi connectivity index (χ1n) is 5.35. The van der Waals surface area contributed by atoms with Gasteiger partial charge in [-0.25, -0.2) is 0 Å². The van der Waals surface area contributed by atoms with Gasteiger partial charge in [-0.1, -0.05) is 41.5 Å². The van der Waals surface area contributed by atoms with Gasteiger partial charge in [0.15, 0.2) is 0 Å². The van der Waals surface area contributed by atoms with Crippen LogP contribution >= 0.6 is 0 Å². The Bertz CT molecular complexity index is 205. The molecule has 1 aliphatic rings. The van der Waals surface area contributed by atoms with Crippen molar-refractivity contribution in [3.8, 4) is 0 Å². The summed E-state index contributed by atoms with van der Waals surface area (Å²) in [6, 6.07) is 0. The molecule has 0 saturated heterocycles. The normalized spacial score (nSPS) is 14.3. The summed E-state index contributed by atoms with van der Waals surface area (Å²) in [5, 5.41) is 20.2. The van der Waals surface area contributed by atoms with Gasteiger partial charge in [-0.05, 0) is 0 Å². The Morgan fingerprint density at radius 3 is 1.38 bits per heavy atom. The van der Waals surface area contributed by atoms with E-state index in [0.717, 1.165) is 6.42 Å². The molecule has 0 aromatic rings. The first kappa shape index (κ1) is 18.4. The average Bonchev–Trinajstić information content (AvgIpc) is 2.30. The van der Waals surface area contributed by atoms with E-state index in [1.165, 1.54) is 4.28 Å². The maximum atomic E-state index is 10.1. The van der Waals surface area contributed by atoms with E-state index in [4.69, 9.17) is 0 Å². The summed E-state index contributed by atoms with van der Waals surface area (Å²) in [6.07, 6.45) is 7.47. The van der Waals surface area contributed by atoms with Crippen LogP contribution in [0.1, 0.15) is 48.0 Å². The van der Waals surface area contributed by atoms with Crippen LogP contribution < -0.4 is 10.2 Å². The Balaban J connectivity index is 0. The Labute approximate surface area is 109 Å². The summed E-state index contributed by atoms with van der Waals surface area (Å²) in [6.45, 7) is 9.79. The van der Waals surface area contributed by atoms with E-state index < -0.39 is 11.2 Å². The molecule has 0 aromatic heterocycles. The molecule has 0 amide bonds. The zero-order chi connectivity index (χ0) is 13.4.